The molecule has 1 aromatic rings. The number of carboxylic acid groups (broad SMARTS) is 1. The van der Waals surface area contributed by atoms with Gasteiger partial charge >= 0.3 is 12.1 Å². The summed E-state index contributed by atoms with van der Waals surface area (Å²) in [7, 11) is 0. The first-order valence-corrected chi connectivity index (χ1v) is 5.91. The van der Waals surface area contributed by atoms with Crippen LogP contribution in [0.25, 0.3) is 0 Å². The van der Waals surface area contributed by atoms with E-state index in [4.69, 9.17) is 9.84 Å². The summed E-state index contributed by atoms with van der Waals surface area (Å²) in [6.07, 6.45) is 1.16. The molecular weight excluding hydrogens is 246 g/mol. The molecule has 0 heterocycles. The van der Waals surface area contributed by atoms with Crippen molar-refractivity contribution in [3.63, 3.8) is 0 Å². The average Bonchev–Trinajstić information content (AvgIpc) is 2.41. The summed E-state index contributed by atoms with van der Waals surface area (Å²) in [6.45, 7) is 3.54. The highest BCUT2D eigenvalue weighted by Crippen LogP contribution is 2.08. The lowest BCUT2D eigenvalue weighted by molar-refractivity contribution is -0.141. The lowest BCUT2D eigenvalue weighted by Crippen LogP contribution is -2.34. The Kier molecular flexibility index (Phi) is 6.15. The summed E-state index contributed by atoms with van der Waals surface area (Å²) >= 11 is 0. The Hall–Kier alpha value is -2.30. The molecule has 0 aliphatic heterocycles. The molecule has 0 saturated carbocycles. The number of carbonyl (C=O) groups excluding carboxylic acids is 1. The number of carbonyl (C=O) groups is 2. The molecule has 1 amide bonds. The number of ether oxygens (including phenoxy) is 1. The molecule has 1 unspecified atom stereocenters. The molecule has 0 fully saturated rings. The van der Waals surface area contributed by atoms with Crippen LogP contribution < -0.4 is 5.32 Å². The van der Waals surface area contributed by atoms with Crippen LogP contribution in [0.15, 0.2) is 43.0 Å². The van der Waals surface area contributed by atoms with Crippen LogP contribution in [0.4, 0.5) is 4.79 Å². The van der Waals surface area contributed by atoms with E-state index in [0.29, 0.717) is 6.42 Å². The van der Waals surface area contributed by atoms with Gasteiger partial charge in [0.15, 0.2) is 0 Å². The van der Waals surface area contributed by atoms with Crippen LogP contribution in [0.3, 0.4) is 0 Å². The van der Waals surface area contributed by atoms with Crippen molar-refractivity contribution < 1.29 is 19.4 Å². The predicted octanol–water partition coefficient (Wildman–Crippen LogP) is 1.84. The van der Waals surface area contributed by atoms with E-state index >= 15 is 0 Å². The first-order valence-electron chi connectivity index (χ1n) is 5.91. The number of benzene rings is 1. The van der Waals surface area contributed by atoms with Crippen molar-refractivity contribution in [2.75, 3.05) is 13.2 Å². The zero-order valence-corrected chi connectivity index (χ0v) is 10.5. The normalized spacial score (nSPS) is 11.4. The van der Waals surface area contributed by atoms with Gasteiger partial charge in [-0.25, -0.2) is 4.79 Å². The Morgan fingerprint density at radius 3 is 2.63 bits per heavy atom. The van der Waals surface area contributed by atoms with E-state index in [-0.39, 0.29) is 13.2 Å². The Morgan fingerprint density at radius 1 is 1.37 bits per heavy atom. The van der Waals surface area contributed by atoms with E-state index in [2.05, 4.69) is 11.9 Å². The van der Waals surface area contributed by atoms with Gasteiger partial charge in [0.1, 0.15) is 6.61 Å². The highest BCUT2D eigenvalue weighted by atomic mass is 16.5. The van der Waals surface area contributed by atoms with Gasteiger partial charge < -0.3 is 15.2 Å². The minimum atomic E-state index is -0.951. The standard InChI is InChI=1S/C14H17NO4/c1-2-8-19-14(18)15-10-12(13(16)17)9-11-6-4-3-5-7-11/h2-7,12H,1,8-10H2,(H,15,18)(H,16,17). The van der Waals surface area contributed by atoms with Crippen LogP contribution in [-0.2, 0) is 16.0 Å². The van der Waals surface area contributed by atoms with Crippen LogP contribution in [0.2, 0.25) is 0 Å². The van der Waals surface area contributed by atoms with E-state index in [1.807, 2.05) is 30.3 Å². The SMILES string of the molecule is C=CCOC(=O)NCC(Cc1ccccc1)C(=O)O. The van der Waals surface area contributed by atoms with Crippen molar-refractivity contribution in [3.05, 3.63) is 48.6 Å². The second-order valence-corrected chi connectivity index (χ2v) is 3.99. The molecule has 5 nitrogen and oxygen atoms in total. The number of carboxylic acids is 1. The van der Waals surface area contributed by atoms with Gasteiger partial charge in [-0.1, -0.05) is 43.0 Å². The number of hydrogen-bond donors (Lipinski definition) is 2. The molecule has 0 spiro atoms. The molecule has 102 valence electrons. The number of hydrogen-bond acceptors (Lipinski definition) is 3. The van der Waals surface area contributed by atoms with E-state index in [1.54, 1.807) is 0 Å². The van der Waals surface area contributed by atoms with Crippen LogP contribution >= 0.6 is 0 Å². The summed E-state index contributed by atoms with van der Waals surface area (Å²) < 4.78 is 4.71. The third-order valence-electron chi connectivity index (χ3n) is 2.50. The first kappa shape index (κ1) is 14.8. The summed E-state index contributed by atoms with van der Waals surface area (Å²) in [5, 5.41) is 11.5. The third-order valence-corrected chi connectivity index (χ3v) is 2.50. The van der Waals surface area contributed by atoms with Crippen LogP contribution in [0.1, 0.15) is 5.56 Å². The molecule has 0 saturated heterocycles. The number of aliphatic carboxylic acids is 1. The van der Waals surface area contributed by atoms with Gasteiger partial charge in [0.25, 0.3) is 0 Å². The molecule has 1 aromatic carbocycles. The quantitative estimate of drug-likeness (QED) is 0.736. The fourth-order valence-electron chi connectivity index (χ4n) is 1.54. The van der Waals surface area contributed by atoms with Gasteiger partial charge in [0.05, 0.1) is 5.92 Å². The zero-order valence-electron chi connectivity index (χ0n) is 10.5. The number of rotatable bonds is 7. The van der Waals surface area contributed by atoms with Gasteiger partial charge in [-0.2, -0.15) is 0 Å². The zero-order chi connectivity index (χ0) is 14.1. The third kappa shape index (κ3) is 5.72. The maximum absolute atomic E-state index is 11.2. The van der Waals surface area contributed by atoms with Gasteiger partial charge in [0, 0.05) is 6.54 Å². The molecule has 0 aliphatic carbocycles. The molecule has 19 heavy (non-hydrogen) atoms. The minimum absolute atomic E-state index is 0.0280. The van der Waals surface area contributed by atoms with Gasteiger partial charge in [-0.05, 0) is 12.0 Å². The van der Waals surface area contributed by atoms with Crippen molar-refractivity contribution in [3.8, 4) is 0 Å². The highest BCUT2D eigenvalue weighted by Gasteiger charge is 2.19. The molecule has 1 rings (SSSR count). The Morgan fingerprint density at radius 2 is 2.05 bits per heavy atom. The van der Waals surface area contributed by atoms with E-state index in [1.165, 1.54) is 6.08 Å². The summed E-state index contributed by atoms with van der Waals surface area (Å²) in [5.74, 6) is -1.63. The van der Waals surface area contributed by atoms with E-state index < -0.39 is 18.0 Å². The molecule has 0 radical (unpaired) electrons. The maximum atomic E-state index is 11.2. The van der Waals surface area contributed by atoms with E-state index in [9.17, 15) is 9.59 Å². The largest absolute Gasteiger partial charge is 0.481 e. The summed E-state index contributed by atoms with van der Waals surface area (Å²) in [6, 6.07) is 9.27. The summed E-state index contributed by atoms with van der Waals surface area (Å²) in [5.41, 5.74) is 0.913. The smallest absolute Gasteiger partial charge is 0.407 e. The molecular formula is C14H17NO4. The Bertz CT molecular complexity index is 430. The van der Waals surface area contributed by atoms with Crippen LogP contribution in [0, 0.1) is 5.92 Å². The second-order valence-electron chi connectivity index (χ2n) is 3.99. The fourth-order valence-corrected chi connectivity index (χ4v) is 1.54. The lowest BCUT2D eigenvalue weighted by Gasteiger charge is -2.13. The molecule has 0 aliphatic rings. The molecule has 5 heteroatoms. The first-order chi connectivity index (χ1) is 9.13. The summed E-state index contributed by atoms with van der Waals surface area (Å²) in [4.78, 5) is 22.3. The van der Waals surface area contributed by atoms with Crippen molar-refractivity contribution in [1.82, 2.24) is 5.32 Å². The topological polar surface area (TPSA) is 75.6 Å². The molecule has 0 bridgehead atoms. The van der Waals surface area contributed by atoms with Crippen LogP contribution in [0.5, 0.6) is 0 Å². The minimum Gasteiger partial charge on any atom is -0.481 e. The Labute approximate surface area is 111 Å². The van der Waals surface area contributed by atoms with Gasteiger partial charge in [-0.15, -0.1) is 0 Å². The van der Waals surface area contributed by atoms with E-state index in [0.717, 1.165) is 5.56 Å². The number of amides is 1. The number of nitrogens with one attached hydrogen (secondary N) is 1. The maximum Gasteiger partial charge on any atom is 0.407 e. The second kappa shape index (κ2) is 7.92. The van der Waals surface area contributed by atoms with Crippen molar-refractivity contribution in [2.24, 2.45) is 5.92 Å². The van der Waals surface area contributed by atoms with Crippen LogP contribution in [-0.4, -0.2) is 30.3 Å². The Balaban J connectivity index is 2.47. The molecule has 2 N–H and O–H groups in total. The fraction of sp³-hybridized carbons (Fsp3) is 0.286. The van der Waals surface area contributed by atoms with Crippen molar-refractivity contribution >= 4 is 12.1 Å². The lowest BCUT2D eigenvalue weighted by atomic mass is 9.99. The predicted molar refractivity (Wildman–Crippen MR) is 70.8 cm³/mol. The monoisotopic (exact) mass is 263 g/mol. The molecule has 0 aromatic heterocycles. The molecule has 1 atom stereocenters. The highest BCUT2D eigenvalue weighted by molar-refractivity contribution is 5.72. The number of alkyl carbamates (subject to hydrolysis) is 1. The van der Waals surface area contributed by atoms with Crippen molar-refractivity contribution in [1.29, 1.82) is 0 Å². The van der Waals surface area contributed by atoms with Crippen molar-refractivity contribution in [2.45, 2.75) is 6.42 Å². The van der Waals surface area contributed by atoms with Gasteiger partial charge in [0.2, 0.25) is 0 Å². The average molecular weight is 263 g/mol. The van der Waals surface area contributed by atoms with Gasteiger partial charge in [-0.3, -0.25) is 4.79 Å².